The van der Waals surface area contributed by atoms with Gasteiger partial charge in [0.25, 0.3) is 0 Å². The van der Waals surface area contributed by atoms with Crippen molar-refractivity contribution in [2.75, 3.05) is 6.54 Å². The van der Waals surface area contributed by atoms with Crippen LogP contribution in [0.15, 0.2) is 24.3 Å². The van der Waals surface area contributed by atoms with Gasteiger partial charge in [0.1, 0.15) is 6.04 Å². The Morgan fingerprint density at radius 1 is 1.44 bits per heavy atom. The van der Waals surface area contributed by atoms with Crippen molar-refractivity contribution >= 4 is 17.6 Å². The van der Waals surface area contributed by atoms with Crippen molar-refractivity contribution in [3.05, 3.63) is 34.9 Å². The Kier molecular flexibility index (Phi) is 6.16. The van der Waals surface area contributed by atoms with Crippen LogP contribution in [-0.4, -0.2) is 23.7 Å². The first-order chi connectivity index (χ1) is 8.49. The van der Waals surface area contributed by atoms with Crippen LogP contribution < -0.4 is 5.32 Å². The molecule has 0 saturated heterocycles. The third-order valence-corrected chi connectivity index (χ3v) is 2.93. The van der Waals surface area contributed by atoms with Crippen molar-refractivity contribution in [1.82, 2.24) is 5.32 Å². The van der Waals surface area contributed by atoms with Gasteiger partial charge in [-0.3, -0.25) is 4.79 Å². The third kappa shape index (κ3) is 5.52. The zero-order chi connectivity index (χ0) is 13.5. The van der Waals surface area contributed by atoms with Crippen LogP contribution in [0.25, 0.3) is 0 Å². The van der Waals surface area contributed by atoms with Gasteiger partial charge in [-0.2, -0.15) is 0 Å². The van der Waals surface area contributed by atoms with E-state index in [1.807, 2.05) is 38.1 Å². The van der Waals surface area contributed by atoms with Crippen molar-refractivity contribution in [1.29, 1.82) is 0 Å². The summed E-state index contributed by atoms with van der Waals surface area (Å²) in [5.74, 6) is -0.417. The summed E-state index contributed by atoms with van der Waals surface area (Å²) < 4.78 is 0. The van der Waals surface area contributed by atoms with E-state index in [0.29, 0.717) is 23.9 Å². The van der Waals surface area contributed by atoms with Gasteiger partial charge in [0.15, 0.2) is 0 Å². The average Bonchev–Trinajstić information content (AvgIpc) is 2.27. The first-order valence-electron chi connectivity index (χ1n) is 6.19. The van der Waals surface area contributed by atoms with E-state index < -0.39 is 12.0 Å². The molecule has 100 valence electrons. The largest absolute Gasteiger partial charge is 0.480 e. The first-order valence-corrected chi connectivity index (χ1v) is 6.57. The summed E-state index contributed by atoms with van der Waals surface area (Å²) in [6, 6.07) is 7.16. The van der Waals surface area contributed by atoms with E-state index >= 15 is 0 Å². The molecule has 0 radical (unpaired) electrons. The molecule has 0 aromatic heterocycles. The lowest BCUT2D eigenvalue weighted by molar-refractivity contribution is -0.139. The molecule has 0 unspecified atom stereocenters. The maximum absolute atomic E-state index is 11.0. The lowest BCUT2D eigenvalue weighted by Crippen LogP contribution is -2.38. The molecule has 0 spiro atoms. The monoisotopic (exact) mass is 269 g/mol. The Bertz CT molecular complexity index is 393. The summed E-state index contributed by atoms with van der Waals surface area (Å²) in [6.07, 6.45) is 1.42. The van der Waals surface area contributed by atoms with Crippen LogP contribution in [-0.2, 0) is 11.2 Å². The highest BCUT2D eigenvalue weighted by Crippen LogP contribution is 2.11. The molecule has 0 aliphatic heterocycles. The Labute approximate surface area is 113 Å². The number of hydrogen-bond acceptors (Lipinski definition) is 2. The highest BCUT2D eigenvalue weighted by molar-refractivity contribution is 6.30. The van der Waals surface area contributed by atoms with Gasteiger partial charge in [-0.15, -0.1) is 0 Å². The van der Waals surface area contributed by atoms with Gasteiger partial charge in [-0.25, -0.2) is 0 Å². The minimum absolute atomic E-state index is 0.366. The summed E-state index contributed by atoms with van der Waals surface area (Å²) in [5.41, 5.74) is 1.11. The Balaban J connectivity index is 2.41. The summed E-state index contributed by atoms with van der Waals surface area (Å²) in [5, 5.41) is 12.9. The predicted octanol–water partition coefficient (Wildman–Crippen LogP) is 2.97. The van der Waals surface area contributed by atoms with Crippen molar-refractivity contribution in [3.8, 4) is 0 Å². The highest BCUT2D eigenvalue weighted by Gasteiger charge is 2.17. The summed E-state index contributed by atoms with van der Waals surface area (Å²) in [7, 11) is 0. The molecular formula is C14H20ClNO2. The lowest BCUT2D eigenvalue weighted by Gasteiger charge is -2.16. The van der Waals surface area contributed by atoms with E-state index in [2.05, 4.69) is 5.32 Å². The average molecular weight is 270 g/mol. The molecular weight excluding hydrogens is 250 g/mol. The van der Waals surface area contributed by atoms with Crippen molar-refractivity contribution in [3.63, 3.8) is 0 Å². The molecule has 0 saturated carbocycles. The molecule has 4 heteroatoms. The number of carbonyl (C=O) groups is 1. The fraction of sp³-hybridized carbons (Fsp3) is 0.500. The van der Waals surface area contributed by atoms with Gasteiger partial charge in [0, 0.05) is 5.02 Å². The van der Waals surface area contributed by atoms with Crippen LogP contribution in [0.1, 0.15) is 25.8 Å². The molecule has 0 aliphatic carbocycles. The van der Waals surface area contributed by atoms with Crippen LogP contribution >= 0.6 is 11.6 Å². The van der Waals surface area contributed by atoms with Crippen LogP contribution in [0, 0.1) is 5.92 Å². The zero-order valence-corrected chi connectivity index (χ0v) is 11.6. The molecule has 1 rings (SSSR count). The third-order valence-electron chi connectivity index (χ3n) is 2.70. The van der Waals surface area contributed by atoms with Crippen LogP contribution in [0.4, 0.5) is 0 Å². The summed E-state index contributed by atoms with van der Waals surface area (Å²) >= 11 is 5.89. The second-order valence-corrected chi connectivity index (χ2v) is 5.29. The number of nitrogens with one attached hydrogen (secondary N) is 1. The Morgan fingerprint density at radius 2 is 2.17 bits per heavy atom. The predicted molar refractivity (Wildman–Crippen MR) is 74.0 cm³/mol. The van der Waals surface area contributed by atoms with E-state index in [1.165, 1.54) is 0 Å². The molecule has 0 aliphatic rings. The molecule has 2 N–H and O–H groups in total. The standard InChI is InChI=1S/C14H20ClNO2/c1-10(2)8-13(14(17)18)16-7-6-11-4-3-5-12(15)9-11/h3-5,9-10,13,16H,6-8H2,1-2H3,(H,17,18)/t13-/m1/s1. The van der Waals surface area contributed by atoms with Gasteiger partial charge in [0.2, 0.25) is 0 Å². The SMILES string of the molecule is CC(C)C[C@@H](NCCc1cccc(Cl)c1)C(=O)O. The van der Waals surface area contributed by atoms with E-state index in [1.54, 1.807) is 0 Å². The second kappa shape index (κ2) is 7.39. The normalized spacial score (nSPS) is 12.7. The zero-order valence-electron chi connectivity index (χ0n) is 10.8. The van der Waals surface area contributed by atoms with Gasteiger partial charge < -0.3 is 10.4 Å². The number of benzene rings is 1. The van der Waals surface area contributed by atoms with E-state index in [4.69, 9.17) is 16.7 Å². The van der Waals surface area contributed by atoms with E-state index in [9.17, 15) is 4.79 Å². The number of aliphatic carboxylic acids is 1. The second-order valence-electron chi connectivity index (χ2n) is 4.85. The van der Waals surface area contributed by atoms with Gasteiger partial charge in [-0.1, -0.05) is 37.6 Å². The number of rotatable bonds is 7. The quantitative estimate of drug-likeness (QED) is 0.800. The Morgan fingerprint density at radius 3 is 2.72 bits per heavy atom. The maximum Gasteiger partial charge on any atom is 0.320 e. The minimum atomic E-state index is -0.783. The van der Waals surface area contributed by atoms with Gasteiger partial charge in [0.05, 0.1) is 0 Å². The maximum atomic E-state index is 11.0. The van der Waals surface area contributed by atoms with Gasteiger partial charge >= 0.3 is 5.97 Å². The molecule has 0 bridgehead atoms. The first kappa shape index (κ1) is 15.0. The number of hydrogen-bond donors (Lipinski definition) is 2. The number of carboxylic acid groups (broad SMARTS) is 1. The molecule has 0 heterocycles. The fourth-order valence-electron chi connectivity index (χ4n) is 1.83. The smallest absolute Gasteiger partial charge is 0.320 e. The van der Waals surface area contributed by atoms with Crippen LogP contribution in [0.3, 0.4) is 0 Å². The molecule has 18 heavy (non-hydrogen) atoms. The fourth-order valence-corrected chi connectivity index (χ4v) is 2.04. The molecule has 3 nitrogen and oxygen atoms in total. The van der Waals surface area contributed by atoms with Crippen molar-refractivity contribution < 1.29 is 9.90 Å². The summed E-state index contributed by atoms with van der Waals surface area (Å²) in [6.45, 7) is 4.69. The van der Waals surface area contributed by atoms with Crippen LogP contribution in [0.5, 0.6) is 0 Å². The molecule has 0 amide bonds. The Hall–Kier alpha value is -1.06. The van der Waals surface area contributed by atoms with E-state index in [0.717, 1.165) is 12.0 Å². The molecule has 1 aromatic rings. The van der Waals surface area contributed by atoms with E-state index in [-0.39, 0.29) is 0 Å². The topological polar surface area (TPSA) is 49.3 Å². The number of carboxylic acids is 1. The van der Waals surface area contributed by atoms with Gasteiger partial charge in [-0.05, 0) is 43.0 Å². The van der Waals surface area contributed by atoms with Crippen molar-refractivity contribution in [2.45, 2.75) is 32.7 Å². The minimum Gasteiger partial charge on any atom is -0.480 e. The van der Waals surface area contributed by atoms with Crippen molar-refractivity contribution in [2.24, 2.45) is 5.92 Å². The lowest BCUT2D eigenvalue weighted by atomic mass is 10.0. The van der Waals surface area contributed by atoms with Crippen LogP contribution in [0.2, 0.25) is 5.02 Å². The number of halogens is 1. The summed E-state index contributed by atoms with van der Waals surface area (Å²) in [4.78, 5) is 11.0. The molecule has 0 fully saturated rings. The molecule has 1 atom stereocenters. The molecule has 1 aromatic carbocycles. The highest BCUT2D eigenvalue weighted by atomic mass is 35.5.